The molecule has 1 rings (SSSR count). The Balaban J connectivity index is 2.82. The number of carbonyl (C=O) groups is 1. The van der Waals surface area contributed by atoms with Gasteiger partial charge in [-0.1, -0.05) is 0 Å². The molecule has 0 spiro atoms. The van der Waals surface area contributed by atoms with Crippen molar-refractivity contribution in [2.24, 2.45) is 0 Å². The normalized spacial score (nSPS) is 11.9. The average molecular weight is 280 g/mol. The summed E-state index contributed by atoms with van der Waals surface area (Å²) in [6, 6.07) is 5.08. The van der Waals surface area contributed by atoms with Gasteiger partial charge in [0, 0.05) is 11.8 Å². The Morgan fingerprint density at radius 3 is 2.20 bits per heavy atom. The fourth-order valence-electron chi connectivity index (χ4n) is 1.45. The van der Waals surface area contributed by atoms with Gasteiger partial charge in [0.15, 0.2) is 0 Å². The number of hydrogen-bond acceptors (Lipinski definition) is 4. The lowest BCUT2D eigenvalue weighted by Crippen LogP contribution is -2.27. The largest absolute Gasteiger partial charge is 0.486 e. The molecule has 0 bridgehead atoms. The summed E-state index contributed by atoms with van der Waals surface area (Å²) in [5, 5.41) is 2.66. The van der Waals surface area contributed by atoms with Gasteiger partial charge in [-0.2, -0.15) is 0 Å². The summed E-state index contributed by atoms with van der Waals surface area (Å²) in [7, 11) is 0. The van der Waals surface area contributed by atoms with E-state index in [0.29, 0.717) is 17.1 Å². The number of nitrogens with two attached hydrogens (primary N) is 1. The van der Waals surface area contributed by atoms with Gasteiger partial charge in [0.05, 0.1) is 5.69 Å². The number of ether oxygens (including phenoxy) is 2. The molecule has 20 heavy (non-hydrogen) atoms. The highest BCUT2D eigenvalue weighted by molar-refractivity contribution is 5.85. The van der Waals surface area contributed by atoms with Gasteiger partial charge in [-0.15, -0.1) is 0 Å². The van der Waals surface area contributed by atoms with Crippen molar-refractivity contribution in [1.82, 2.24) is 0 Å². The molecule has 0 aromatic heterocycles. The van der Waals surface area contributed by atoms with Gasteiger partial charge in [-0.3, -0.25) is 5.32 Å². The number of benzene rings is 1. The minimum Gasteiger partial charge on any atom is -0.486 e. The zero-order valence-electron chi connectivity index (χ0n) is 13.0. The van der Waals surface area contributed by atoms with Crippen molar-refractivity contribution in [2.75, 3.05) is 11.1 Å². The van der Waals surface area contributed by atoms with Gasteiger partial charge in [0.2, 0.25) is 0 Å². The summed E-state index contributed by atoms with van der Waals surface area (Å²) in [6.45, 7) is 11.2. The highest BCUT2D eigenvalue weighted by atomic mass is 16.6. The van der Waals surface area contributed by atoms with Crippen LogP contribution in [0.15, 0.2) is 18.2 Å². The van der Waals surface area contributed by atoms with Crippen LogP contribution in [-0.2, 0) is 4.74 Å². The Labute approximate surface area is 120 Å². The molecule has 3 N–H and O–H groups in total. The second-order valence-electron chi connectivity index (χ2n) is 6.59. The van der Waals surface area contributed by atoms with E-state index in [1.807, 2.05) is 41.5 Å². The van der Waals surface area contributed by atoms with E-state index in [4.69, 9.17) is 15.2 Å². The summed E-state index contributed by atoms with van der Waals surface area (Å²) in [5.74, 6) is 0.533. The lowest BCUT2D eigenvalue weighted by atomic mass is 10.2. The van der Waals surface area contributed by atoms with E-state index in [9.17, 15) is 4.79 Å². The summed E-state index contributed by atoms with van der Waals surface area (Å²) in [4.78, 5) is 11.7. The number of amides is 1. The van der Waals surface area contributed by atoms with Gasteiger partial charge < -0.3 is 15.2 Å². The lowest BCUT2D eigenvalue weighted by Gasteiger charge is -2.23. The molecular weight excluding hydrogens is 256 g/mol. The number of carbonyl (C=O) groups excluding carboxylic acids is 1. The minimum absolute atomic E-state index is 0.362. The quantitative estimate of drug-likeness (QED) is 0.808. The van der Waals surface area contributed by atoms with Crippen molar-refractivity contribution in [3.8, 4) is 5.75 Å². The van der Waals surface area contributed by atoms with E-state index in [-0.39, 0.29) is 5.60 Å². The second kappa shape index (κ2) is 5.61. The van der Waals surface area contributed by atoms with Gasteiger partial charge in [-0.25, -0.2) is 4.79 Å². The maximum atomic E-state index is 11.7. The van der Waals surface area contributed by atoms with E-state index in [1.165, 1.54) is 0 Å². The standard InChI is InChI=1S/C15H24N2O3/c1-14(2,3)19-12-9-10(7-8-11(12)16)17-13(18)20-15(4,5)6/h7-9H,16H2,1-6H3,(H,17,18). The molecule has 0 saturated carbocycles. The predicted molar refractivity (Wildman–Crippen MR) is 81.1 cm³/mol. The molecule has 1 aromatic rings. The fourth-order valence-corrected chi connectivity index (χ4v) is 1.45. The maximum Gasteiger partial charge on any atom is 0.412 e. The van der Waals surface area contributed by atoms with Crippen molar-refractivity contribution in [1.29, 1.82) is 0 Å². The first-order chi connectivity index (χ1) is 8.96. The van der Waals surface area contributed by atoms with Crippen molar-refractivity contribution in [3.05, 3.63) is 18.2 Å². The molecule has 0 aliphatic carbocycles. The topological polar surface area (TPSA) is 73.6 Å². The van der Waals surface area contributed by atoms with E-state index in [0.717, 1.165) is 0 Å². The summed E-state index contributed by atoms with van der Waals surface area (Å²) in [6.07, 6.45) is -0.510. The third-order valence-electron chi connectivity index (χ3n) is 2.07. The Morgan fingerprint density at radius 2 is 1.70 bits per heavy atom. The highest BCUT2D eigenvalue weighted by Gasteiger charge is 2.18. The van der Waals surface area contributed by atoms with Crippen LogP contribution < -0.4 is 15.8 Å². The monoisotopic (exact) mass is 280 g/mol. The molecule has 0 heterocycles. The molecule has 0 aliphatic heterocycles. The molecule has 0 saturated heterocycles. The molecule has 0 aliphatic rings. The van der Waals surface area contributed by atoms with Gasteiger partial charge >= 0.3 is 6.09 Å². The van der Waals surface area contributed by atoms with Crippen LogP contribution in [-0.4, -0.2) is 17.3 Å². The molecule has 0 unspecified atom stereocenters. The van der Waals surface area contributed by atoms with Gasteiger partial charge in [0.1, 0.15) is 17.0 Å². The fraction of sp³-hybridized carbons (Fsp3) is 0.533. The molecule has 0 radical (unpaired) electrons. The first-order valence-electron chi connectivity index (χ1n) is 6.55. The molecule has 5 heteroatoms. The average Bonchev–Trinajstić information content (AvgIpc) is 2.18. The van der Waals surface area contributed by atoms with E-state index < -0.39 is 11.7 Å². The Hall–Kier alpha value is -1.91. The number of nitrogens with one attached hydrogen (secondary N) is 1. The van der Waals surface area contributed by atoms with Crippen LogP contribution in [0.25, 0.3) is 0 Å². The van der Waals surface area contributed by atoms with Crippen molar-refractivity contribution >= 4 is 17.5 Å². The third-order valence-corrected chi connectivity index (χ3v) is 2.07. The number of hydrogen-bond donors (Lipinski definition) is 2. The molecule has 1 amide bonds. The number of nitrogen functional groups attached to an aromatic ring is 1. The SMILES string of the molecule is CC(C)(C)OC(=O)Nc1ccc(N)c(OC(C)(C)C)c1. The highest BCUT2D eigenvalue weighted by Crippen LogP contribution is 2.29. The maximum absolute atomic E-state index is 11.7. The number of rotatable bonds is 2. The molecule has 112 valence electrons. The Bertz CT molecular complexity index is 485. The van der Waals surface area contributed by atoms with Crippen LogP contribution in [0.3, 0.4) is 0 Å². The summed E-state index contributed by atoms with van der Waals surface area (Å²) < 4.78 is 10.9. The molecular formula is C15H24N2O3. The number of anilines is 2. The molecule has 1 aromatic carbocycles. The van der Waals surface area contributed by atoms with E-state index in [1.54, 1.807) is 18.2 Å². The van der Waals surface area contributed by atoms with Crippen LogP contribution >= 0.6 is 0 Å². The Morgan fingerprint density at radius 1 is 1.10 bits per heavy atom. The summed E-state index contributed by atoms with van der Waals surface area (Å²) >= 11 is 0. The molecule has 5 nitrogen and oxygen atoms in total. The second-order valence-corrected chi connectivity index (χ2v) is 6.59. The van der Waals surface area contributed by atoms with Crippen molar-refractivity contribution < 1.29 is 14.3 Å². The van der Waals surface area contributed by atoms with Crippen LogP contribution in [0.1, 0.15) is 41.5 Å². The predicted octanol–water partition coefficient (Wildman–Crippen LogP) is 3.79. The zero-order chi connectivity index (χ0) is 15.6. The Kier molecular flexibility index (Phi) is 4.53. The third kappa shape index (κ3) is 5.82. The summed E-state index contributed by atoms with van der Waals surface area (Å²) in [5.41, 5.74) is 6.06. The van der Waals surface area contributed by atoms with E-state index >= 15 is 0 Å². The van der Waals surface area contributed by atoms with Crippen molar-refractivity contribution in [3.63, 3.8) is 0 Å². The van der Waals surface area contributed by atoms with Crippen molar-refractivity contribution in [2.45, 2.75) is 52.7 Å². The smallest absolute Gasteiger partial charge is 0.412 e. The van der Waals surface area contributed by atoms with Crippen LogP contribution in [0, 0.1) is 0 Å². The zero-order valence-corrected chi connectivity index (χ0v) is 13.0. The van der Waals surface area contributed by atoms with Gasteiger partial charge in [-0.05, 0) is 53.7 Å². The van der Waals surface area contributed by atoms with Crippen LogP contribution in [0.4, 0.5) is 16.2 Å². The lowest BCUT2D eigenvalue weighted by molar-refractivity contribution is 0.0636. The molecule has 0 fully saturated rings. The first kappa shape index (κ1) is 16.1. The van der Waals surface area contributed by atoms with E-state index in [2.05, 4.69) is 5.32 Å². The van der Waals surface area contributed by atoms with Crippen LogP contribution in [0.2, 0.25) is 0 Å². The van der Waals surface area contributed by atoms with Crippen LogP contribution in [0.5, 0.6) is 5.75 Å². The van der Waals surface area contributed by atoms with Gasteiger partial charge in [0.25, 0.3) is 0 Å². The molecule has 0 atom stereocenters. The first-order valence-corrected chi connectivity index (χ1v) is 6.55. The minimum atomic E-state index is -0.539.